The summed E-state index contributed by atoms with van der Waals surface area (Å²) in [5, 5.41) is 1.94. The molecule has 0 aliphatic heterocycles. The first-order valence-electron chi connectivity index (χ1n) is 6.85. The van der Waals surface area contributed by atoms with E-state index in [0.717, 1.165) is 9.35 Å². The Balaban J connectivity index is 2.18. The smallest absolute Gasteiger partial charge is 0.253 e. The van der Waals surface area contributed by atoms with Crippen LogP contribution in [0.5, 0.6) is 0 Å². The number of hydrogen-bond acceptors (Lipinski definition) is 4. The summed E-state index contributed by atoms with van der Waals surface area (Å²) in [6.45, 7) is 0.342. The van der Waals surface area contributed by atoms with Crippen LogP contribution in [0, 0.1) is 12.3 Å². The normalized spacial score (nSPS) is 11.0. The lowest BCUT2D eigenvalue weighted by molar-refractivity contribution is 0.0786. The van der Waals surface area contributed by atoms with E-state index >= 15 is 0 Å². The van der Waals surface area contributed by atoms with E-state index in [1.165, 1.54) is 18.2 Å². The molecule has 0 spiro atoms. The van der Waals surface area contributed by atoms with Crippen LogP contribution in [0.15, 0.2) is 45.1 Å². The summed E-state index contributed by atoms with van der Waals surface area (Å²) in [7, 11) is -2.05. The summed E-state index contributed by atoms with van der Waals surface area (Å²) in [5.41, 5.74) is 0.303. The van der Waals surface area contributed by atoms with Crippen LogP contribution in [0.25, 0.3) is 0 Å². The van der Waals surface area contributed by atoms with Gasteiger partial charge in [-0.25, -0.2) is 8.42 Å². The Hall–Kier alpha value is -1.66. The van der Waals surface area contributed by atoms with Gasteiger partial charge in [0, 0.05) is 27.3 Å². The molecule has 1 aromatic heterocycles. The van der Waals surface area contributed by atoms with Crippen LogP contribution >= 0.6 is 27.3 Å². The molecule has 0 aliphatic carbocycles. The number of terminal acetylenes is 1. The van der Waals surface area contributed by atoms with Crippen LogP contribution < -0.4 is 4.72 Å². The van der Waals surface area contributed by atoms with Gasteiger partial charge in [-0.15, -0.1) is 17.8 Å². The van der Waals surface area contributed by atoms with Crippen molar-refractivity contribution in [2.24, 2.45) is 0 Å². The van der Waals surface area contributed by atoms with Gasteiger partial charge in [0.05, 0.1) is 18.0 Å². The quantitative estimate of drug-likeness (QED) is 0.721. The maximum Gasteiger partial charge on any atom is 0.253 e. The second-order valence-corrected chi connectivity index (χ2v) is 8.63. The molecule has 5 nitrogen and oxygen atoms in total. The van der Waals surface area contributed by atoms with Gasteiger partial charge in [-0.2, -0.15) is 4.72 Å². The van der Waals surface area contributed by atoms with Gasteiger partial charge >= 0.3 is 0 Å². The third-order valence-electron chi connectivity index (χ3n) is 3.12. The Morgan fingerprint density at radius 1 is 1.42 bits per heavy atom. The summed E-state index contributed by atoms with van der Waals surface area (Å²) >= 11 is 4.92. The number of amides is 1. The first kappa shape index (κ1) is 18.7. The molecule has 1 aromatic carbocycles. The Morgan fingerprint density at radius 2 is 2.17 bits per heavy atom. The van der Waals surface area contributed by atoms with Crippen LogP contribution in [-0.4, -0.2) is 32.8 Å². The molecule has 0 radical (unpaired) electrons. The maximum atomic E-state index is 12.5. The number of carbonyl (C=O) groups is 1. The Kier molecular flexibility index (Phi) is 6.18. The summed E-state index contributed by atoms with van der Waals surface area (Å²) in [6, 6.07) is 7.84. The molecule has 0 aliphatic rings. The standard InChI is InChI=1S/C16H15BrN2O3S2/c1-3-7-18-24(21,22)15-6-4-5-12(8-15)16(20)19(2)10-14-9-13(17)11-23-14/h1,4-6,8-9,11,18H,7,10H2,2H3. The molecule has 1 heterocycles. The first-order valence-corrected chi connectivity index (χ1v) is 10.0. The van der Waals surface area contributed by atoms with Crippen molar-refractivity contribution in [1.29, 1.82) is 0 Å². The Morgan fingerprint density at radius 3 is 2.79 bits per heavy atom. The average molecular weight is 427 g/mol. The third-order valence-corrected chi connectivity index (χ3v) is 6.20. The van der Waals surface area contributed by atoms with E-state index in [9.17, 15) is 13.2 Å². The largest absolute Gasteiger partial charge is 0.337 e. The predicted octanol–water partition coefficient (Wildman–Crippen LogP) is 2.69. The predicted molar refractivity (Wildman–Crippen MR) is 98.3 cm³/mol. The minimum absolute atomic E-state index is 0.0101. The lowest BCUT2D eigenvalue weighted by Gasteiger charge is -2.16. The fraction of sp³-hybridized carbons (Fsp3) is 0.188. The van der Waals surface area contributed by atoms with E-state index in [0.29, 0.717) is 12.1 Å². The molecule has 2 rings (SSSR count). The highest BCUT2D eigenvalue weighted by molar-refractivity contribution is 9.10. The monoisotopic (exact) mass is 426 g/mol. The molecular weight excluding hydrogens is 412 g/mol. The van der Waals surface area contributed by atoms with Gasteiger partial charge in [-0.1, -0.05) is 12.0 Å². The molecule has 8 heteroatoms. The van der Waals surface area contributed by atoms with E-state index in [4.69, 9.17) is 6.42 Å². The van der Waals surface area contributed by atoms with Crippen molar-refractivity contribution in [3.05, 3.63) is 50.6 Å². The van der Waals surface area contributed by atoms with Crippen LogP contribution in [0.3, 0.4) is 0 Å². The van der Waals surface area contributed by atoms with Crippen LogP contribution in [0.1, 0.15) is 15.2 Å². The minimum Gasteiger partial charge on any atom is -0.337 e. The van der Waals surface area contributed by atoms with Crippen molar-refractivity contribution >= 4 is 43.2 Å². The zero-order valence-corrected chi connectivity index (χ0v) is 16.0. The van der Waals surface area contributed by atoms with Gasteiger partial charge in [-0.05, 0) is 40.2 Å². The molecule has 0 atom stereocenters. The van der Waals surface area contributed by atoms with E-state index in [1.54, 1.807) is 29.4 Å². The number of thiophene rings is 1. The summed E-state index contributed by atoms with van der Waals surface area (Å²) in [4.78, 5) is 15.1. The molecular formula is C16H15BrN2O3S2. The second kappa shape index (κ2) is 7.94. The molecule has 2 aromatic rings. The summed E-state index contributed by atoms with van der Waals surface area (Å²) in [5.74, 6) is 1.95. The van der Waals surface area contributed by atoms with Crippen LogP contribution in [0.4, 0.5) is 0 Å². The number of carbonyl (C=O) groups excluding carboxylic acids is 1. The summed E-state index contributed by atoms with van der Waals surface area (Å²) in [6.07, 6.45) is 5.07. The van der Waals surface area contributed by atoms with Crippen molar-refractivity contribution in [3.8, 4) is 12.3 Å². The SMILES string of the molecule is C#CCNS(=O)(=O)c1cccc(C(=O)N(C)Cc2cc(Br)cs2)c1. The molecule has 0 unspecified atom stereocenters. The fourth-order valence-electron chi connectivity index (χ4n) is 1.98. The first-order chi connectivity index (χ1) is 11.3. The highest BCUT2D eigenvalue weighted by atomic mass is 79.9. The number of halogens is 1. The zero-order chi connectivity index (χ0) is 17.7. The topological polar surface area (TPSA) is 66.5 Å². The molecule has 0 bridgehead atoms. The Bertz CT molecular complexity index is 885. The molecule has 24 heavy (non-hydrogen) atoms. The van der Waals surface area contributed by atoms with E-state index in [1.807, 2.05) is 11.4 Å². The average Bonchev–Trinajstić information content (AvgIpc) is 2.97. The molecule has 0 saturated carbocycles. The highest BCUT2D eigenvalue weighted by Gasteiger charge is 2.18. The van der Waals surface area contributed by atoms with Crippen LogP contribution in [-0.2, 0) is 16.6 Å². The number of nitrogens with zero attached hydrogens (tertiary/aromatic N) is 1. The van der Waals surface area contributed by atoms with Crippen molar-refractivity contribution in [3.63, 3.8) is 0 Å². The fourth-order valence-corrected chi connectivity index (χ4v) is 4.46. The Labute approximate surface area is 153 Å². The maximum absolute atomic E-state index is 12.5. The molecule has 0 saturated heterocycles. The van der Waals surface area contributed by atoms with Gasteiger partial charge in [0.2, 0.25) is 10.0 Å². The van der Waals surface area contributed by atoms with Crippen molar-refractivity contribution in [2.45, 2.75) is 11.4 Å². The number of nitrogens with one attached hydrogen (secondary N) is 1. The number of sulfonamides is 1. The van der Waals surface area contributed by atoms with Crippen molar-refractivity contribution in [1.82, 2.24) is 9.62 Å². The second-order valence-electron chi connectivity index (χ2n) is 4.95. The van der Waals surface area contributed by atoms with E-state index < -0.39 is 10.0 Å². The van der Waals surface area contributed by atoms with Gasteiger partial charge < -0.3 is 4.90 Å². The van der Waals surface area contributed by atoms with Gasteiger partial charge in [0.25, 0.3) is 5.91 Å². The lowest BCUT2D eigenvalue weighted by Crippen LogP contribution is -2.27. The van der Waals surface area contributed by atoms with Gasteiger partial charge in [0.1, 0.15) is 0 Å². The molecule has 1 N–H and O–H groups in total. The molecule has 1 amide bonds. The molecule has 0 fully saturated rings. The lowest BCUT2D eigenvalue weighted by atomic mass is 10.2. The minimum atomic E-state index is -3.73. The zero-order valence-electron chi connectivity index (χ0n) is 12.8. The number of rotatable bonds is 6. The van der Waals surface area contributed by atoms with E-state index in [-0.39, 0.29) is 17.3 Å². The van der Waals surface area contributed by atoms with Crippen molar-refractivity contribution in [2.75, 3.05) is 13.6 Å². The number of hydrogen-bond donors (Lipinski definition) is 1. The number of benzene rings is 1. The van der Waals surface area contributed by atoms with Crippen LogP contribution in [0.2, 0.25) is 0 Å². The third kappa shape index (κ3) is 4.68. The highest BCUT2D eigenvalue weighted by Crippen LogP contribution is 2.21. The van der Waals surface area contributed by atoms with Crippen molar-refractivity contribution < 1.29 is 13.2 Å². The summed E-state index contributed by atoms with van der Waals surface area (Å²) < 4.78 is 27.4. The van der Waals surface area contributed by atoms with Gasteiger partial charge in [-0.3, -0.25) is 4.79 Å². The van der Waals surface area contributed by atoms with E-state index in [2.05, 4.69) is 26.6 Å². The molecule has 126 valence electrons. The van der Waals surface area contributed by atoms with Gasteiger partial charge in [0.15, 0.2) is 0 Å².